The molecule has 1 amide bonds. The monoisotopic (exact) mass is 470 g/mol. The van der Waals surface area contributed by atoms with E-state index in [9.17, 15) is 9.59 Å². The third kappa shape index (κ3) is 6.05. The molecule has 0 spiro atoms. The van der Waals surface area contributed by atoms with Gasteiger partial charge in [0.05, 0.1) is 18.4 Å². The summed E-state index contributed by atoms with van der Waals surface area (Å²) in [6.07, 6.45) is 1.63. The summed E-state index contributed by atoms with van der Waals surface area (Å²) in [7, 11) is 1.45. The molecule has 3 rings (SSSR count). The Labute approximate surface area is 182 Å². The highest BCUT2D eigenvalue weighted by atomic mass is 79.9. The molecule has 0 radical (unpaired) electrons. The third-order valence-corrected chi connectivity index (χ3v) is 4.49. The second-order valence-electron chi connectivity index (χ2n) is 6.11. The van der Waals surface area contributed by atoms with Crippen LogP contribution in [0.4, 0.5) is 5.69 Å². The number of hydrogen-bond donors (Lipinski definition) is 1. The molecule has 0 saturated heterocycles. The van der Waals surface area contributed by atoms with Crippen LogP contribution in [0.5, 0.6) is 11.5 Å². The first-order valence-electron chi connectivity index (χ1n) is 8.98. The van der Waals surface area contributed by atoms with Crippen LogP contribution in [0.2, 0.25) is 0 Å². The van der Waals surface area contributed by atoms with Crippen molar-refractivity contribution >= 4 is 33.5 Å². The number of halogens is 1. The van der Waals surface area contributed by atoms with E-state index in [0.29, 0.717) is 28.4 Å². The molecular formula is C22H19BrN2O5. The Kier molecular flexibility index (Phi) is 7.40. The number of carbonyl (C=O) groups is 2. The van der Waals surface area contributed by atoms with Crippen LogP contribution in [0, 0.1) is 0 Å². The highest BCUT2D eigenvalue weighted by molar-refractivity contribution is 9.10. The molecular weight excluding hydrogens is 452 g/mol. The van der Waals surface area contributed by atoms with Crippen molar-refractivity contribution in [3.8, 4) is 11.5 Å². The van der Waals surface area contributed by atoms with Gasteiger partial charge in [-0.2, -0.15) is 0 Å². The van der Waals surface area contributed by atoms with Crippen molar-refractivity contribution in [3.05, 3.63) is 82.6 Å². The van der Waals surface area contributed by atoms with Crippen LogP contribution >= 0.6 is 15.9 Å². The van der Waals surface area contributed by atoms with Gasteiger partial charge in [0.25, 0.3) is 5.91 Å². The maximum absolute atomic E-state index is 12.3. The Morgan fingerprint density at radius 3 is 2.53 bits per heavy atom. The van der Waals surface area contributed by atoms with Gasteiger partial charge in [-0.05, 0) is 54.6 Å². The van der Waals surface area contributed by atoms with Crippen LogP contribution in [-0.2, 0) is 16.1 Å². The average molecular weight is 471 g/mol. The molecule has 3 aromatic rings. The van der Waals surface area contributed by atoms with Gasteiger partial charge < -0.3 is 19.5 Å². The number of ether oxygens (including phenoxy) is 3. The van der Waals surface area contributed by atoms with Crippen LogP contribution in [0.3, 0.4) is 0 Å². The summed E-state index contributed by atoms with van der Waals surface area (Å²) in [5, 5.41) is 2.73. The summed E-state index contributed by atoms with van der Waals surface area (Å²) in [6, 6.07) is 17.2. The second-order valence-corrected chi connectivity index (χ2v) is 7.02. The number of rotatable bonds is 8. The first-order valence-corrected chi connectivity index (χ1v) is 9.78. The van der Waals surface area contributed by atoms with Crippen molar-refractivity contribution in [1.82, 2.24) is 4.98 Å². The Bertz CT molecular complexity index is 1010. The zero-order valence-corrected chi connectivity index (χ0v) is 17.7. The number of pyridine rings is 1. The van der Waals surface area contributed by atoms with E-state index in [1.54, 1.807) is 42.6 Å². The molecule has 0 unspecified atom stereocenters. The fourth-order valence-corrected chi connectivity index (χ4v) is 2.76. The number of hydrogen-bond acceptors (Lipinski definition) is 6. The lowest BCUT2D eigenvalue weighted by Gasteiger charge is -2.12. The van der Waals surface area contributed by atoms with Crippen LogP contribution in [-0.4, -0.2) is 30.6 Å². The van der Waals surface area contributed by atoms with Gasteiger partial charge in [0.2, 0.25) is 0 Å². The van der Waals surface area contributed by atoms with E-state index in [1.165, 1.54) is 13.2 Å². The molecule has 0 saturated carbocycles. The van der Waals surface area contributed by atoms with E-state index in [2.05, 4.69) is 26.2 Å². The van der Waals surface area contributed by atoms with E-state index in [1.807, 2.05) is 18.2 Å². The van der Waals surface area contributed by atoms with Gasteiger partial charge >= 0.3 is 5.97 Å². The van der Waals surface area contributed by atoms with Gasteiger partial charge in [-0.3, -0.25) is 9.78 Å². The summed E-state index contributed by atoms with van der Waals surface area (Å²) >= 11 is 3.34. The number of esters is 1. The molecule has 0 aliphatic heterocycles. The molecule has 0 atom stereocenters. The lowest BCUT2D eigenvalue weighted by Crippen LogP contribution is -2.20. The number of aromatic nitrogens is 1. The molecule has 30 heavy (non-hydrogen) atoms. The van der Waals surface area contributed by atoms with Crippen LogP contribution in [0.15, 0.2) is 71.3 Å². The van der Waals surface area contributed by atoms with E-state index in [-0.39, 0.29) is 19.1 Å². The lowest BCUT2D eigenvalue weighted by molar-refractivity contribution is -0.118. The quantitative estimate of drug-likeness (QED) is 0.495. The minimum absolute atomic E-state index is 0.0659. The van der Waals surface area contributed by atoms with Gasteiger partial charge in [0.15, 0.2) is 18.1 Å². The Balaban J connectivity index is 1.57. The predicted octanol–water partition coefficient (Wildman–Crippen LogP) is 4.23. The van der Waals surface area contributed by atoms with Gasteiger partial charge in [0.1, 0.15) is 6.61 Å². The minimum atomic E-state index is -0.515. The Morgan fingerprint density at radius 1 is 1.03 bits per heavy atom. The van der Waals surface area contributed by atoms with E-state index < -0.39 is 5.97 Å². The number of nitrogens with zero attached hydrogens (tertiary/aromatic N) is 1. The highest BCUT2D eigenvalue weighted by Gasteiger charge is 2.14. The highest BCUT2D eigenvalue weighted by Crippen LogP contribution is 2.28. The molecule has 7 nitrogen and oxygen atoms in total. The zero-order chi connectivity index (χ0) is 21.3. The number of anilines is 1. The first kappa shape index (κ1) is 21.3. The maximum atomic E-state index is 12.3. The van der Waals surface area contributed by atoms with Crippen molar-refractivity contribution in [3.63, 3.8) is 0 Å². The normalized spacial score (nSPS) is 10.2. The molecule has 154 valence electrons. The summed E-state index contributed by atoms with van der Waals surface area (Å²) in [5.41, 5.74) is 1.61. The Hall–Kier alpha value is -3.39. The molecule has 2 aromatic carbocycles. The van der Waals surface area contributed by atoms with E-state index in [4.69, 9.17) is 14.2 Å². The molecule has 1 N–H and O–H groups in total. The predicted molar refractivity (Wildman–Crippen MR) is 115 cm³/mol. The first-order chi connectivity index (χ1) is 14.5. The van der Waals surface area contributed by atoms with Gasteiger partial charge in [-0.15, -0.1) is 0 Å². The number of methoxy groups -OCH3 is 1. The van der Waals surface area contributed by atoms with Crippen molar-refractivity contribution in [2.75, 3.05) is 19.0 Å². The van der Waals surface area contributed by atoms with Crippen LogP contribution in [0.1, 0.15) is 16.1 Å². The molecule has 8 heteroatoms. The van der Waals surface area contributed by atoms with Crippen LogP contribution in [0.25, 0.3) is 0 Å². The van der Waals surface area contributed by atoms with Crippen LogP contribution < -0.4 is 14.8 Å². The van der Waals surface area contributed by atoms with E-state index in [0.717, 1.165) is 4.47 Å². The SMILES string of the molecule is COc1cc(C(=O)OCc2ccccn2)ccc1OCC(=O)Nc1ccc(Br)cc1. The second kappa shape index (κ2) is 10.4. The van der Waals surface area contributed by atoms with Crippen molar-refractivity contribution in [2.45, 2.75) is 6.61 Å². The van der Waals surface area contributed by atoms with Gasteiger partial charge in [-0.25, -0.2) is 4.79 Å². The molecule has 0 aliphatic carbocycles. The molecule has 0 bridgehead atoms. The van der Waals surface area contributed by atoms with Gasteiger partial charge in [0, 0.05) is 16.4 Å². The van der Waals surface area contributed by atoms with Gasteiger partial charge in [-0.1, -0.05) is 22.0 Å². The molecule has 0 fully saturated rings. The van der Waals surface area contributed by atoms with Crippen molar-refractivity contribution in [2.24, 2.45) is 0 Å². The zero-order valence-electron chi connectivity index (χ0n) is 16.1. The number of carbonyl (C=O) groups excluding carboxylic acids is 2. The number of nitrogens with one attached hydrogen (secondary N) is 1. The smallest absolute Gasteiger partial charge is 0.338 e. The largest absolute Gasteiger partial charge is 0.493 e. The summed E-state index contributed by atoms with van der Waals surface area (Å²) in [5.74, 6) is -0.180. The maximum Gasteiger partial charge on any atom is 0.338 e. The number of benzene rings is 2. The third-order valence-electron chi connectivity index (χ3n) is 3.96. The van der Waals surface area contributed by atoms with Crippen molar-refractivity contribution in [1.29, 1.82) is 0 Å². The fourth-order valence-electron chi connectivity index (χ4n) is 2.49. The standard InChI is InChI=1S/C22H19BrN2O5/c1-28-20-12-15(22(27)30-13-18-4-2-3-11-24-18)5-10-19(20)29-14-21(26)25-17-8-6-16(23)7-9-17/h2-12H,13-14H2,1H3,(H,25,26). The summed E-state index contributed by atoms with van der Waals surface area (Å²) in [6.45, 7) is -0.146. The minimum Gasteiger partial charge on any atom is -0.493 e. The van der Waals surface area contributed by atoms with E-state index >= 15 is 0 Å². The molecule has 1 heterocycles. The summed E-state index contributed by atoms with van der Waals surface area (Å²) in [4.78, 5) is 28.5. The number of amides is 1. The molecule has 0 aliphatic rings. The fraction of sp³-hybridized carbons (Fsp3) is 0.136. The molecule has 1 aromatic heterocycles. The topological polar surface area (TPSA) is 86.8 Å². The summed E-state index contributed by atoms with van der Waals surface area (Å²) < 4.78 is 17.0. The lowest BCUT2D eigenvalue weighted by atomic mass is 10.2. The average Bonchev–Trinajstić information content (AvgIpc) is 2.78. The van der Waals surface area contributed by atoms with Crippen molar-refractivity contribution < 1.29 is 23.8 Å². The Morgan fingerprint density at radius 2 is 1.83 bits per heavy atom.